The molecular formula is C23H29N3O4. The number of aromatic nitrogens is 1. The van der Waals surface area contributed by atoms with Gasteiger partial charge >= 0.3 is 0 Å². The summed E-state index contributed by atoms with van der Waals surface area (Å²) in [4.78, 5) is 42.9. The van der Waals surface area contributed by atoms with Crippen LogP contribution < -0.4 is 5.56 Å². The van der Waals surface area contributed by atoms with Crippen LogP contribution in [-0.4, -0.2) is 65.1 Å². The lowest BCUT2D eigenvalue weighted by molar-refractivity contribution is -0.138. The van der Waals surface area contributed by atoms with Crippen LogP contribution >= 0.6 is 0 Å². The molecule has 0 N–H and O–H groups in total. The van der Waals surface area contributed by atoms with Gasteiger partial charge in [-0.05, 0) is 44.2 Å². The summed E-state index contributed by atoms with van der Waals surface area (Å²) >= 11 is 0. The van der Waals surface area contributed by atoms with E-state index >= 15 is 0 Å². The van der Waals surface area contributed by atoms with Crippen LogP contribution in [0.15, 0.2) is 29.1 Å². The van der Waals surface area contributed by atoms with Gasteiger partial charge in [0.15, 0.2) is 0 Å². The van der Waals surface area contributed by atoms with Gasteiger partial charge in [0.25, 0.3) is 11.5 Å². The van der Waals surface area contributed by atoms with E-state index in [0.717, 1.165) is 25.0 Å². The van der Waals surface area contributed by atoms with Crippen molar-refractivity contribution in [1.29, 1.82) is 0 Å². The van der Waals surface area contributed by atoms with Crippen LogP contribution in [-0.2, 0) is 16.1 Å². The van der Waals surface area contributed by atoms with Gasteiger partial charge in [0, 0.05) is 50.3 Å². The predicted molar refractivity (Wildman–Crippen MR) is 111 cm³/mol. The number of hydrogen-bond acceptors (Lipinski definition) is 4. The third-order valence-corrected chi connectivity index (χ3v) is 7.03. The topological polar surface area (TPSA) is 71.9 Å². The van der Waals surface area contributed by atoms with E-state index in [4.69, 9.17) is 4.74 Å². The highest BCUT2D eigenvalue weighted by Crippen LogP contribution is 2.36. The standard InChI is InChI=1S/C23H29N3O4/c1-15-11-24(8-9-30-15)22(28)19-6-7-20-18-10-16(13-26(20)23(19)29)12-25(14-18)21(27)17-4-2-3-5-17/h2-3,6-7,15-18H,4-5,8-14H2,1H3/t15-,16-,18+/m0/s1. The molecule has 0 saturated carbocycles. The van der Waals surface area contributed by atoms with Gasteiger partial charge in [0.05, 0.1) is 12.7 Å². The summed E-state index contributed by atoms with van der Waals surface area (Å²) in [7, 11) is 0. The molecule has 3 atom stereocenters. The molecule has 2 bridgehead atoms. The molecule has 0 radical (unpaired) electrons. The number of hydrogen-bond donors (Lipinski definition) is 0. The van der Waals surface area contributed by atoms with Crippen molar-refractivity contribution in [3.8, 4) is 0 Å². The van der Waals surface area contributed by atoms with Gasteiger partial charge in [-0.1, -0.05) is 12.2 Å². The highest BCUT2D eigenvalue weighted by Gasteiger charge is 2.39. The van der Waals surface area contributed by atoms with Crippen LogP contribution in [0.5, 0.6) is 0 Å². The molecule has 0 aromatic carbocycles. The molecule has 30 heavy (non-hydrogen) atoms. The number of piperidine rings is 1. The first-order valence-electron chi connectivity index (χ1n) is 11.1. The Morgan fingerprint density at radius 2 is 1.83 bits per heavy atom. The molecule has 160 valence electrons. The molecule has 2 saturated heterocycles. The molecule has 7 nitrogen and oxygen atoms in total. The molecule has 3 aliphatic heterocycles. The second-order valence-corrected chi connectivity index (χ2v) is 9.20. The predicted octanol–water partition coefficient (Wildman–Crippen LogP) is 1.62. The second kappa shape index (κ2) is 7.69. The fourth-order valence-electron chi connectivity index (χ4n) is 5.54. The number of carbonyl (C=O) groups is 2. The van der Waals surface area contributed by atoms with Crippen LogP contribution in [0.3, 0.4) is 0 Å². The number of morpholine rings is 1. The average Bonchev–Trinajstić information content (AvgIpc) is 3.28. The summed E-state index contributed by atoms with van der Waals surface area (Å²) < 4.78 is 7.32. The highest BCUT2D eigenvalue weighted by molar-refractivity contribution is 5.94. The van der Waals surface area contributed by atoms with Crippen molar-refractivity contribution in [3.63, 3.8) is 0 Å². The molecule has 0 unspecified atom stereocenters. The highest BCUT2D eigenvalue weighted by atomic mass is 16.5. The van der Waals surface area contributed by atoms with Gasteiger partial charge in [-0.25, -0.2) is 0 Å². The van der Waals surface area contributed by atoms with Gasteiger partial charge in [0.1, 0.15) is 5.56 Å². The molecule has 1 aromatic heterocycles. The Balaban J connectivity index is 1.38. The number of carbonyl (C=O) groups excluding carboxylic acids is 2. The zero-order chi connectivity index (χ0) is 20.8. The Hall–Kier alpha value is -2.41. The van der Waals surface area contributed by atoms with Crippen molar-refractivity contribution in [3.05, 3.63) is 45.9 Å². The smallest absolute Gasteiger partial charge is 0.263 e. The third-order valence-electron chi connectivity index (χ3n) is 7.03. The Kier molecular flexibility index (Phi) is 5.01. The van der Waals surface area contributed by atoms with E-state index in [1.807, 2.05) is 17.9 Å². The lowest BCUT2D eigenvalue weighted by Gasteiger charge is -2.43. The van der Waals surface area contributed by atoms with E-state index in [2.05, 4.69) is 12.2 Å². The molecule has 1 aliphatic carbocycles. The number of pyridine rings is 1. The van der Waals surface area contributed by atoms with Crippen molar-refractivity contribution in [1.82, 2.24) is 14.4 Å². The Morgan fingerprint density at radius 3 is 2.60 bits per heavy atom. The lowest BCUT2D eigenvalue weighted by atomic mass is 9.82. The average molecular weight is 412 g/mol. The largest absolute Gasteiger partial charge is 0.375 e. The maximum absolute atomic E-state index is 13.2. The first-order valence-corrected chi connectivity index (χ1v) is 11.1. The summed E-state index contributed by atoms with van der Waals surface area (Å²) in [5.41, 5.74) is 1.02. The minimum absolute atomic E-state index is 0.0129. The number of rotatable bonds is 2. The number of allylic oxidation sites excluding steroid dienone is 2. The van der Waals surface area contributed by atoms with Crippen LogP contribution in [0.1, 0.15) is 48.2 Å². The number of nitrogens with zero attached hydrogens (tertiary/aromatic N) is 3. The SMILES string of the molecule is C[C@H]1CN(C(=O)c2ccc3n(c2=O)C[C@H]2C[C@@H]3CN(C(=O)C3CC=CC3)C2)CCO1. The van der Waals surface area contributed by atoms with Crippen molar-refractivity contribution in [2.75, 3.05) is 32.8 Å². The van der Waals surface area contributed by atoms with Crippen molar-refractivity contribution in [2.45, 2.75) is 44.8 Å². The number of likely N-dealkylation sites (tertiary alicyclic amines) is 1. The third kappa shape index (κ3) is 3.39. The van der Waals surface area contributed by atoms with Gasteiger partial charge in [-0.3, -0.25) is 14.4 Å². The van der Waals surface area contributed by atoms with Crippen LogP contribution in [0.4, 0.5) is 0 Å². The Labute approximate surface area is 176 Å². The maximum Gasteiger partial charge on any atom is 0.263 e. The first kappa shape index (κ1) is 19.5. The number of fused-ring (bicyclic) bond motifs is 4. The molecule has 4 aliphatic rings. The molecule has 0 spiro atoms. The Bertz CT molecular complexity index is 944. The van der Waals surface area contributed by atoms with Crippen LogP contribution in [0.2, 0.25) is 0 Å². The summed E-state index contributed by atoms with van der Waals surface area (Å²) in [5.74, 6) is 0.560. The zero-order valence-electron chi connectivity index (χ0n) is 17.5. The Morgan fingerprint density at radius 1 is 1.03 bits per heavy atom. The maximum atomic E-state index is 13.2. The van der Waals surface area contributed by atoms with Gasteiger partial charge in [0.2, 0.25) is 5.91 Å². The zero-order valence-corrected chi connectivity index (χ0v) is 17.5. The molecular weight excluding hydrogens is 382 g/mol. The van der Waals surface area contributed by atoms with Gasteiger partial charge in [-0.15, -0.1) is 0 Å². The van der Waals surface area contributed by atoms with E-state index in [0.29, 0.717) is 39.3 Å². The fourth-order valence-corrected chi connectivity index (χ4v) is 5.54. The second-order valence-electron chi connectivity index (χ2n) is 9.20. The molecule has 7 heteroatoms. The van der Waals surface area contributed by atoms with Crippen LogP contribution in [0, 0.1) is 11.8 Å². The van der Waals surface area contributed by atoms with Gasteiger partial charge < -0.3 is 19.1 Å². The lowest BCUT2D eigenvalue weighted by Crippen LogP contribution is -2.51. The molecule has 2 amide bonds. The summed E-state index contributed by atoms with van der Waals surface area (Å²) in [5, 5.41) is 0. The number of amides is 2. The minimum Gasteiger partial charge on any atom is -0.375 e. The summed E-state index contributed by atoms with van der Waals surface area (Å²) in [6, 6.07) is 3.63. The van der Waals surface area contributed by atoms with E-state index < -0.39 is 0 Å². The first-order chi connectivity index (χ1) is 14.5. The molecule has 2 fully saturated rings. The van der Waals surface area contributed by atoms with E-state index in [9.17, 15) is 14.4 Å². The molecule has 5 rings (SSSR count). The minimum atomic E-state index is -0.202. The number of ether oxygens (including phenoxy) is 1. The van der Waals surface area contributed by atoms with Crippen molar-refractivity contribution in [2.24, 2.45) is 11.8 Å². The fraction of sp³-hybridized carbons (Fsp3) is 0.609. The molecule has 4 heterocycles. The normalized spacial score (nSPS) is 28.5. The summed E-state index contributed by atoms with van der Waals surface area (Å²) in [6.07, 6.45) is 6.85. The van der Waals surface area contributed by atoms with Crippen molar-refractivity contribution >= 4 is 11.8 Å². The van der Waals surface area contributed by atoms with Crippen LogP contribution in [0.25, 0.3) is 0 Å². The molecule has 1 aromatic rings. The van der Waals surface area contributed by atoms with E-state index in [-0.39, 0.29) is 46.8 Å². The van der Waals surface area contributed by atoms with Gasteiger partial charge in [-0.2, -0.15) is 0 Å². The quantitative estimate of drug-likeness (QED) is 0.694. The van der Waals surface area contributed by atoms with E-state index in [1.54, 1.807) is 15.5 Å². The monoisotopic (exact) mass is 411 g/mol. The summed E-state index contributed by atoms with van der Waals surface area (Å²) in [6.45, 7) is 5.42. The van der Waals surface area contributed by atoms with Crippen molar-refractivity contribution < 1.29 is 14.3 Å². The van der Waals surface area contributed by atoms with E-state index in [1.165, 1.54) is 0 Å².